The highest BCUT2D eigenvalue weighted by atomic mass is 16.6. The molecular weight excluding hydrogens is 454 g/mol. The molecule has 180 valence electrons. The lowest BCUT2D eigenvalue weighted by Gasteiger charge is -2.14. The van der Waals surface area contributed by atoms with E-state index in [2.05, 4.69) is 22.6 Å². The smallest absolute Gasteiger partial charge is 0.414 e. The highest BCUT2D eigenvalue weighted by molar-refractivity contribution is 5.94. The van der Waals surface area contributed by atoms with Crippen LogP contribution >= 0.6 is 0 Å². The third-order valence-corrected chi connectivity index (χ3v) is 6.47. The Labute approximate surface area is 200 Å². The number of methoxy groups -OCH3 is 1. The molecule has 3 aromatic rings. The zero-order valence-corrected chi connectivity index (χ0v) is 18.8. The molecule has 10 heteroatoms. The molecule has 2 atom stereocenters. The van der Waals surface area contributed by atoms with Gasteiger partial charge in [-0.15, -0.1) is 0 Å². The number of carbonyl (C=O) groups excluding carboxylic acids is 2. The van der Waals surface area contributed by atoms with Crippen molar-refractivity contribution in [2.24, 2.45) is 5.92 Å². The molecule has 0 bridgehead atoms. The van der Waals surface area contributed by atoms with Gasteiger partial charge in [0.15, 0.2) is 5.69 Å². The number of amides is 2. The lowest BCUT2D eigenvalue weighted by Crippen LogP contribution is -2.30. The molecule has 0 spiro atoms. The molecule has 1 saturated heterocycles. The number of likely N-dealkylation sites (tertiary alicyclic amines) is 1. The van der Waals surface area contributed by atoms with Crippen molar-refractivity contribution in [3.63, 3.8) is 0 Å². The monoisotopic (exact) mass is 477 g/mol. The maximum Gasteiger partial charge on any atom is 0.414 e. The van der Waals surface area contributed by atoms with Gasteiger partial charge in [-0.05, 0) is 22.3 Å². The number of carbonyl (C=O) groups is 3. The van der Waals surface area contributed by atoms with Crippen LogP contribution in [0.1, 0.15) is 27.5 Å². The molecule has 10 nitrogen and oxygen atoms in total. The summed E-state index contributed by atoms with van der Waals surface area (Å²) in [5.41, 5.74) is 4.37. The molecule has 1 fully saturated rings. The molecule has 2 unspecified atom stereocenters. The summed E-state index contributed by atoms with van der Waals surface area (Å²) in [6, 6.07) is 17.3. The number of benzene rings is 2. The Balaban J connectivity index is 1.21. The summed E-state index contributed by atoms with van der Waals surface area (Å²) in [6.07, 6.45) is -1.35. The summed E-state index contributed by atoms with van der Waals surface area (Å²) >= 11 is 0. The highest BCUT2D eigenvalue weighted by Crippen LogP contribution is 2.44. The third-order valence-electron chi connectivity index (χ3n) is 6.47. The predicted molar refractivity (Wildman–Crippen MR) is 123 cm³/mol. The molecule has 2 N–H and O–H groups in total. The first-order chi connectivity index (χ1) is 17.0. The topological polar surface area (TPSA) is 131 Å². The first-order valence-electron chi connectivity index (χ1n) is 11.1. The van der Waals surface area contributed by atoms with Crippen LogP contribution in [0.5, 0.6) is 0 Å². The van der Waals surface area contributed by atoms with Crippen molar-refractivity contribution in [2.75, 3.05) is 32.1 Å². The van der Waals surface area contributed by atoms with Crippen molar-refractivity contribution < 1.29 is 33.5 Å². The Hall–Kier alpha value is -4.18. The average Bonchev–Trinajstić information content (AvgIpc) is 3.58. The number of aliphatic carboxylic acids is 1. The summed E-state index contributed by atoms with van der Waals surface area (Å²) in [6.45, 7) is 0.242. The van der Waals surface area contributed by atoms with Gasteiger partial charge in [-0.1, -0.05) is 53.7 Å². The Morgan fingerprint density at radius 1 is 1.09 bits per heavy atom. The lowest BCUT2D eigenvalue weighted by atomic mass is 9.98. The molecule has 1 aliphatic carbocycles. The molecular formula is C25H23N3O7. The van der Waals surface area contributed by atoms with Crippen LogP contribution < -0.4 is 5.32 Å². The fraction of sp³-hybridized carbons (Fsp3) is 0.280. The van der Waals surface area contributed by atoms with Gasteiger partial charge in [-0.3, -0.25) is 14.9 Å². The number of ether oxygens (including phenoxy) is 2. The van der Waals surface area contributed by atoms with Crippen molar-refractivity contribution in [3.8, 4) is 11.1 Å². The quantitative estimate of drug-likeness (QED) is 0.553. The molecule has 0 saturated carbocycles. The SMILES string of the molecule is COC1CN(C(=O)c2cc(NC(=O)OCC3c4ccccc4-c4ccccc43)on2)CC1C(=O)O. The van der Waals surface area contributed by atoms with Crippen molar-refractivity contribution in [3.05, 3.63) is 71.4 Å². The fourth-order valence-corrected chi connectivity index (χ4v) is 4.75. The third kappa shape index (κ3) is 4.24. The highest BCUT2D eigenvalue weighted by Gasteiger charge is 2.41. The summed E-state index contributed by atoms with van der Waals surface area (Å²) in [5.74, 6) is -2.52. The molecule has 1 aliphatic heterocycles. The van der Waals surface area contributed by atoms with Crippen LogP contribution in [0.2, 0.25) is 0 Å². The zero-order valence-electron chi connectivity index (χ0n) is 18.8. The van der Waals surface area contributed by atoms with Gasteiger partial charge in [0.2, 0.25) is 5.88 Å². The molecule has 2 amide bonds. The number of rotatable bonds is 6. The Bertz CT molecular complexity index is 1240. The molecule has 2 aliphatic rings. The molecule has 5 rings (SSSR count). The fourth-order valence-electron chi connectivity index (χ4n) is 4.75. The van der Waals surface area contributed by atoms with Crippen molar-refractivity contribution in [1.82, 2.24) is 10.1 Å². The summed E-state index contributed by atoms with van der Waals surface area (Å²) in [5, 5.41) is 15.5. The van der Waals surface area contributed by atoms with E-state index < -0.39 is 30.0 Å². The lowest BCUT2D eigenvalue weighted by molar-refractivity contribution is -0.144. The first kappa shape index (κ1) is 22.6. The van der Waals surface area contributed by atoms with E-state index in [1.54, 1.807) is 0 Å². The second kappa shape index (κ2) is 9.22. The number of carboxylic acid groups (broad SMARTS) is 1. The Kier molecular flexibility index (Phi) is 5.96. The predicted octanol–water partition coefficient (Wildman–Crippen LogP) is 3.21. The number of nitrogens with zero attached hydrogens (tertiary/aromatic N) is 2. The number of hydrogen-bond donors (Lipinski definition) is 2. The molecule has 35 heavy (non-hydrogen) atoms. The van der Waals surface area contributed by atoms with Gasteiger partial charge in [-0.25, -0.2) is 4.79 Å². The molecule has 0 radical (unpaired) electrons. The molecule has 2 aromatic carbocycles. The van der Waals surface area contributed by atoms with E-state index in [9.17, 15) is 19.5 Å². The summed E-state index contributed by atoms with van der Waals surface area (Å²) in [7, 11) is 1.40. The standard InChI is InChI=1S/C25H23N3O7/c1-33-21-12-28(11-18(21)24(30)31)23(29)20-10-22(35-27-20)26-25(32)34-13-19-16-8-4-2-6-14(16)15-7-3-5-9-17(15)19/h2-10,18-19,21H,11-13H2,1H3,(H,26,32)(H,30,31). The Morgan fingerprint density at radius 3 is 2.34 bits per heavy atom. The van der Waals surface area contributed by atoms with Crippen molar-refractivity contribution in [2.45, 2.75) is 12.0 Å². The van der Waals surface area contributed by atoms with E-state index in [1.807, 2.05) is 36.4 Å². The van der Waals surface area contributed by atoms with Crippen LogP contribution in [0.15, 0.2) is 59.1 Å². The summed E-state index contributed by atoms with van der Waals surface area (Å²) < 4.78 is 15.7. The largest absolute Gasteiger partial charge is 0.481 e. The van der Waals surface area contributed by atoms with E-state index in [4.69, 9.17) is 14.0 Å². The van der Waals surface area contributed by atoms with Gasteiger partial charge < -0.3 is 24.0 Å². The minimum absolute atomic E-state index is 0.00528. The van der Waals surface area contributed by atoms with Crippen LogP contribution in [0, 0.1) is 5.92 Å². The second-order valence-electron chi connectivity index (χ2n) is 8.46. The number of carboxylic acids is 1. The van der Waals surface area contributed by atoms with Crippen LogP contribution in [0.3, 0.4) is 0 Å². The van der Waals surface area contributed by atoms with E-state index in [0.717, 1.165) is 22.3 Å². The van der Waals surface area contributed by atoms with Gasteiger partial charge in [0, 0.05) is 32.2 Å². The van der Waals surface area contributed by atoms with Crippen LogP contribution in [-0.4, -0.2) is 66.0 Å². The van der Waals surface area contributed by atoms with Crippen LogP contribution in [0.25, 0.3) is 11.1 Å². The van der Waals surface area contributed by atoms with Gasteiger partial charge >= 0.3 is 12.1 Å². The molecule has 1 aromatic heterocycles. The van der Waals surface area contributed by atoms with Gasteiger partial charge in [0.25, 0.3) is 5.91 Å². The van der Waals surface area contributed by atoms with Crippen molar-refractivity contribution in [1.29, 1.82) is 0 Å². The zero-order chi connectivity index (χ0) is 24.5. The van der Waals surface area contributed by atoms with Gasteiger partial charge in [-0.2, -0.15) is 0 Å². The van der Waals surface area contributed by atoms with Gasteiger partial charge in [0.1, 0.15) is 12.5 Å². The molecule has 2 heterocycles. The number of anilines is 1. The maximum absolute atomic E-state index is 12.7. The summed E-state index contributed by atoms with van der Waals surface area (Å²) in [4.78, 5) is 37.9. The van der Waals surface area contributed by atoms with E-state index in [1.165, 1.54) is 18.1 Å². The van der Waals surface area contributed by atoms with E-state index >= 15 is 0 Å². The van der Waals surface area contributed by atoms with Crippen molar-refractivity contribution >= 4 is 23.9 Å². The number of fused-ring (bicyclic) bond motifs is 3. The number of nitrogens with one attached hydrogen (secondary N) is 1. The van der Waals surface area contributed by atoms with E-state index in [-0.39, 0.29) is 37.2 Å². The Morgan fingerprint density at radius 2 is 1.74 bits per heavy atom. The second-order valence-corrected chi connectivity index (χ2v) is 8.46. The number of aromatic nitrogens is 1. The maximum atomic E-state index is 12.7. The van der Waals surface area contributed by atoms with E-state index in [0.29, 0.717) is 0 Å². The van der Waals surface area contributed by atoms with Crippen LogP contribution in [0.4, 0.5) is 10.7 Å². The van der Waals surface area contributed by atoms with Crippen LogP contribution in [-0.2, 0) is 14.3 Å². The minimum Gasteiger partial charge on any atom is -0.481 e. The average molecular weight is 477 g/mol. The number of hydrogen-bond acceptors (Lipinski definition) is 7. The first-order valence-corrected chi connectivity index (χ1v) is 11.1. The normalized spacial score (nSPS) is 18.7. The van der Waals surface area contributed by atoms with Gasteiger partial charge in [0.05, 0.1) is 6.10 Å². The minimum atomic E-state index is -1.04.